The van der Waals surface area contributed by atoms with Crippen LogP contribution in [-0.4, -0.2) is 55.4 Å². The molecule has 7 heteroatoms. The fourth-order valence-corrected chi connectivity index (χ4v) is 3.53. The largest absolute Gasteiger partial charge is 0.465 e. The number of methoxy groups -OCH3 is 1. The van der Waals surface area contributed by atoms with E-state index in [1.54, 1.807) is 18.3 Å². The third-order valence-corrected chi connectivity index (χ3v) is 5.10. The zero-order valence-electron chi connectivity index (χ0n) is 15.9. The fraction of sp³-hybridized carbons (Fsp3) is 0.381. The maximum absolute atomic E-state index is 11.9. The molecule has 1 aliphatic heterocycles. The predicted molar refractivity (Wildman–Crippen MR) is 109 cm³/mol. The van der Waals surface area contributed by atoms with Crippen LogP contribution in [0.3, 0.4) is 0 Å². The lowest BCUT2D eigenvalue weighted by molar-refractivity contribution is 0.0323. The van der Waals surface area contributed by atoms with Gasteiger partial charge in [0.25, 0.3) is 0 Å². The van der Waals surface area contributed by atoms with Crippen LogP contribution in [0.1, 0.15) is 23.2 Å². The van der Waals surface area contributed by atoms with Gasteiger partial charge in [0.1, 0.15) is 5.82 Å². The monoisotopic (exact) mass is 380 g/mol. The molecule has 7 nitrogen and oxygen atoms in total. The normalized spacial score (nSPS) is 14.4. The zero-order chi connectivity index (χ0) is 19.5. The first-order valence-corrected chi connectivity index (χ1v) is 9.53. The molecule has 0 radical (unpaired) electrons. The van der Waals surface area contributed by atoms with Gasteiger partial charge in [-0.25, -0.2) is 9.78 Å². The van der Waals surface area contributed by atoms with Crippen LogP contribution in [0.2, 0.25) is 0 Å². The summed E-state index contributed by atoms with van der Waals surface area (Å²) in [6.45, 7) is 3.05. The molecule has 0 unspecified atom stereocenters. The number of benzene rings is 1. The minimum atomic E-state index is -0.369. The van der Waals surface area contributed by atoms with Crippen molar-refractivity contribution in [2.45, 2.75) is 18.9 Å². The predicted octanol–water partition coefficient (Wildman–Crippen LogP) is 2.51. The summed E-state index contributed by atoms with van der Waals surface area (Å²) in [7, 11) is 1.38. The Morgan fingerprint density at radius 3 is 2.86 bits per heavy atom. The Balaban J connectivity index is 1.63. The van der Waals surface area contributed by atoms with Crippen LogP contribution >= 0.6 is 0 Å². The van der Waals surface area contributed by atoms with E-state index in [0.717, 1.165) is 60.0 Å². The molecule has 1 saturated heterocycles. The van der Waals surface area contributed by atoms with Crippen LogP contribution in [0, 0.1) is 0 Å². The lowest BCUT2D eigenvalue weighted by Gasteiger charge is -2.40. The van der Waals surface area contributed by atoms with Gasteiger partial charge < -0.3 is 20.1 Å². The molecule has 0 bridgehead atoms. The van der Waals surface area contributed by atoms with E-state index in [-0.39, 0.29) is 12.1 Å². The van der Waals surface area contributed by atoms with Crippen molar-refractivity contribution in [2.75, 3.05) is 38.3 Å². The summed E-state index contributed by atoms with van der Waals surface area (Å²) in [5.74, 6) is 0.528. The number of hydrogen-bond acceptors (Lipinski definition) is 7. The summed E-state index contributed by atoms with van der Waals surface area (Å²) < 4.78 is 10.7. The van der Waals surface area contributed by atoms with Crippen LogP contribution in [0.15, 0.2) is 36.7 Å². The van der Waals surface area contributed by atoms with E-state index in [4.69, 9.17) is 20.2 Å². The third kappa shape index (κ3) is 3.50. The number of rotatable bonds is 7. The first kappa shape index (κ1) is 18.6. The van der Waals surface area contributed by atoms with Crippen molar-refractivity contribution in [3.05, 3.63) is 42.2 Å². The number of nitrogens with two attached hydrogens (primary N) is 1. The Morgan fingerprint density at radius 2 is 2.07 bits per heavy atom. The summed E-state index contributed by atoms with van der Waals surface area (Å²) >= 11 is 0. The van der Waals surface area contributed by atoms with Crippen LogP contribution in [0.25, 0.3) is 21.7 Å². The van der Waals surface area contributed by atoms with Crippen molar-refractivity contribution in [1.29, 1.82) is 0 Å². The summed E-state index contributed by atoms with van der Waals surface area (Å²) in [6, 6.07) is 7.43. The Morgan fingerprint density at radius 1 is 1.21 bits per heavy atom. The van der Waals surface area contributed by atoms with Gasteiger partial charge in [0.05, 0.1) is 24.3 Å². The highest BCUT2D eigenvalue weighted by Crippen LogP contribution is 2.33. The Hall–Kier alpha value is -2.77. The van der Waals surface area contributed by atoms with Crippen molar-refractivity contribution in [3.8, 4) is 0 Å². The lowest BCUT2D eigenvalue weighted by atomic mass is 10.0. The summed E-state index contributed by atoms with van der Waals surface area (Å²) in [5, 5.41) is 3.04. The number of pyridine rings is 2. The van der Waals surface area contributed by atoms with Gasteiger partial charge in [-0.3, -0.25) is 4.98 Å². The third-order valence-electron chi connectivity index (χ3n) is 5.10. The molecule has 0 saturated carbocycles. The quantitative estimate of drug-likeness (QED) is 0.383. The number of hydrogen-bond donors (Lipinski definition) is 1. The van der Waals surface area contributed by atoms with Gasteiger partial charge in [-0.1, -0.05) is 6.07 Å². The van der Waals surface area contributed by atoms with Crippen molar-refractivity contribution in [1.82, 2.24) is 9.97 Å². The van der Waals surface area contributed by atoms with Crippen LogP contribution in [-0.2, 0) is 9.47 Å². The second kappa shape index (κ2) is 8.08. The van der Waals surface area contributed by atoms with Crippen molar-refractivity contribution in [2.24, 2.45) is 5.73 Å². The van der Waals surface area contributed by atoms with Gasteiger partial charge in [-0.2, -0.15) is 0 Å². The molecular weight excluding hydrogens is 356 g/mol. The van der Waals surface area contributed by atoms with E-state index in [1.807, 2.05) is 18.3 Å². The fourth-order valence-electron chi connectivity index (χ4n) is 3.53. The van der Waals surface area contributed by atoms with Crippen LogP contribution < -0.4 is 10.6 Å². The van der Waals surface area contributed by atoms with Crippen molar-refractivity contribution >= 4 is 33.5 Å². The average Bonchev–Trinajstić information content (AvgIpc) is 2.71. The molecule has 4 rings (SSSR count). The average molecular weight is 380 g/mol. The molecule has 0 atom stereocenters. The maximum atomic E-state index is 11.9. The molecule has 0 amide bonds. The summed E-state index contributed by atoms with van der Waals surface area (Å²) in [5.41, 5.74) is 6.76. The molecule has 3 heterocycles. The number of anilines is 1. The standard InChI is InChI=1S/C21H24N4O3/c1-27-21(26)14-4-5-16-18-11-23-8-6-17(18)20(24-19(16)10-14)25-12-15(13-25)28-9-3-2-7-22/h4-6,8,10-11,15H,2-3,7,9,12-13,22H2,1H3. The molecule has 2 N–H and O–H groups in total. The van der Waals surface area contributed by atoms with Gasteiger partial charge in [0.2, 0.25) is 0 Å². The van der Waals surface area contributed by atoms with E-state index in [1.165, 1.54) is 7.11 Å². The summed E-state index contributed by atoms with van der Waals surface area (Å²) in [6.07, 6.45) is 5.83. The number of esters is 1. The molecule has 3 aromatic rings. The highest BCUT2D eigenvalue weighted by molar-refractivity contribution is 6.11. The van der Waals surface area contributed by atoms with Crippen molar-refractivity contribution < 1.29 is 14.3 Å². The molecule has 1 fully saturated rings. The Kier molecular flexibility index (Phi) is 5.36. The van der Waals surface area contributed by atoms with E-state index in [9.17, 15) is 4.79 Å². The molecule has 146 valence electrons. The first-order chi connectivity index (χ1) is 13.7. The number of ether oxygens (including phenoxy) is 2. The van der Waals surface area contributed by atoms with Crippen LogP contribution in [0.5, 0.6) is 0 Å². The van der Waals surface area contributed by atoms with Crippen LogP contribution in [0.4, 0.5) is 5.82 Å². The van der Waals surface area contributed by atoms with Gasteiger partial charge in [0, 0.05) is 48.2 Å². The topological polar surface area (TPSA) is 90.6 Å². The minimum absolute atomic E-state index is 0.216. The molecule has 1 aromatic carbocycles. The first-order valence-electron chi connectivity index (χ1n) is 9.53. The molecular formula is C21H24N4O3. The molecule has 0 aliphatic carbocycles. The molecule has 1 aliphatic rings. The number of aromatic nitrogens is 2. The van der Waals surface area contributed by atoms with Crippen molar-refractivity contribution in [3.63, 3.8) is 0 Å². The highest BCUT2D eigenvalue weighted by Gasteiger charge is 2.30. The highest BCUT2D eigenvalue weighted by atomic mass is 16.5. The Bertz CT molecular complexity index is 1000. The van der Waals surface area contributed by atoms with E-state index in [2.05, 4.69) is 9.88 Å². The molecule has 0 spiro atoms. The lowest BCUT2D eigenvalue weighted by Crippen LogP contribution is -2.52. The molecule has 2 aromatic heterocycles. The molecule has 28 heavy (non-hydrogen) atoms. The smallest absolute Gasteiger partial charge is 0.337 e. The Labute approximate surface area is 163 Å². The SMILES string of the molecule is COC(=O)c1ccc2c(c1)nc(N1CC(OCCCCN)C1)c1ccncc12. The second-order valence-corrected chi connectivity index (χ2v) is 6.97. The van der Waals surface area contributed by atoms with Gasteiger partial charge in [-0.15, -0.1) is 0 Å². The van der Waals surface area contributed by atoms with E-state index < -0.39 is 0 Å². The van der Waals surface area contributed by atoms with Gasteiger partial charge in [0.15, 0.2) is 0 Å². The maximum Gasteiger partial charge on any atom is 0.337 e. The second-order valence-electron chi connectivity index (χ2n) is 6.97. The van der Waals surface area contributed by atoms with Gasteiger partial charge >= 0.3 is 5.97 Å². The number of carbonyl (C=O) groups excluding carboxylic acids is 1. The van der Waals surface area contributed by atoms with E-state index >= 15 is 0 Å². The van der Waals surface area contributed by atoms with E-state index in [0.29, 0.717) is 12.1 Å². The number of unbranched alkanes of at least 4 members (excludes halogenated alkanes) is 1. The number of fused-ring (bicyclic) bond motifs is 3. The van der Waals surface area contributed by atoms with Gasteiger partial charge in [-0.05, 0) is 37.6 Å². The summed E-state index contributed by atoms with van der Waals surface area (Å²) in [4.78, 5) is 23.3. The number of nitrogens with zero attached hydrogens (tertiary/aromatic N) is 3. The number of carbonyl (C=O) groups is 1. The zero-order valence-corrected chi connectivity index (χ0v) is 15.9. The minimum Gasteiger partial charge on any atom is -0.465 e.